The summed E-state index contributed by atoms with van der Waals surface area (Å²) in [5.41, 5.74) is -0.769. The normalized spacial score (nSPS) is 35.2. The van der Waals surface area contributed by atoms with Crippen molar-refractivity contribution in [2.24, 2.45) is 5.92 Å². The number of rotatable bonds is 2. The second-order valence-corrected chi connectivity index (χ2v) is 7.46. The van der Waals surface area contributed by atoms with Gasteiger partial charge in [0.2, 0.25) is 0 Å². The fourth-order valence-corrected chi connectivity index (χ4v) is 4.08. The highest BCUT2D eigenvalue weighted by molar-refractivity contribution is 6.11. The fourth-order valence-electron chi connectivity index (χ4n) is 4.08. The Balaban J connectivity index is 2.18. The van der Waals surface area contributed by atoms with Crippen molar-refractivity contribution < 1.29 is 34.1 Å². The van der Waals surface area contributed by atoms with E-state index in [1.165, 1.54) is 19.1 Å². The van der Waals surface area contributed by atoms with Crippen LogP contribution >= 0.6 is 0 Å². The second-order valence-electron chi connectivity index (χ2n) is 7.46. The van der Waals surface area contributed by atoms with E-state index in [1.807, 2.05) is 0 Å². The molecule has 7 heteroatoms. The Morgan fingerprint density at radius 3 is 2.56 bits per heavy atom. The Labute approximate surface area is 156 Å². The molecule has 5 atom stereocenters. The summed E-state index contributed by atoms with van der Waals surface area (Å²) >= 11 is 0. The molecule has 0 aromatic carbocycles. The highest BCUT2D eigenvalue weighted by atomic mass is 16.6. The molecule has 0 aromatic rings. The summed E-state index contributed by atoms with van der Waals surface area (Å²) in [6, 6.07) is 0. The highest BCUT2D eigenvalue weighted by Gasteiger charge is 2.63. The van der Waals surface area contributed by atoms with Crippen LogP contribution in [0.4, 0.5) is 0 Å². The number of ether oxygens (including phenoxy) is 2. The number of carbonyl (C=O) groups excluding carboxylic acids is 3. The molecule has 0 aromatic heterocycles. The van der Waals surface area contributed by atoms with E-state index in [0.717, 1.165) is 0 Å². The first-order chi connectivity index (χ1) is 12.5. The van der Waals surface area contributed by atoms with E-state index in [0.29, 0.717) is 11.1 Å². The second kappa shape index (κ2) is 6.28. The summed E-state index contributed by atoms with van der Waals surface area (Å²) in [5, 5.41) is 22.3. The van der Waals surface area contributed by atoms with Crippen molar-refractivity contribution >= 4 is 17.7 Å². The SMILES string of the molecule is C=C1C(=O)O[C@H]2[C@H]1[C@@H](O)[C@H](OC(=O)C=C(C)C)C(C)=C1C(=O)C=C(C)[C@@]12O. The van der Waals surface area contributed by atoms with Gasteiger partial charge in [-0.3, -0.25) is 4.79 Å². The predicted molar refractivity (Wildman–Crippen MR) is 94.2 cm³/mol. The van der Waals surface area contributed by atoms with Gasteiger partial charge in [-0.2, -0.15) is 0 Å². The van der Waals surface area contributed by atoms with Crippen molar-refractivity contribution in [3.05, 3.63) is 46.6 Å². The molecule has 3 aliphatic rings. The molecule has 0 bridgehead atoms. The molecule has 2 N–H and O–H groups in total. The Kier molecular flexibility index (Phi) is 4.48. The summed E-state index contributed by atoms with van der Waals surface area (Å²) in [6.07, 6.45) is -1.36. The maximum absolute atomic E-state index is 12.6. The van der Waals surface area contributed by atoms with Crippen LogP contribution in [0, 0.1) is 5.92 Å². The lowest BCUT2D eigenvalue weighted by Crippen LogP contribution is -2.49. The molecule has 7 nitrogen and oxygen atoms in total. The van der Waals surface area contributed by atoms with Crippen LogP contribution in [-0.2, 0) is 23.9 Å². The minimum atomic E-state index is -1.90. The molecule has 0 amide bonds. The Morgan fingerprint density at radius 2 is 1.96 bits per heavy atom. The lowest BCUT2D eigenvalue weighted by Gasteiger charge is -2.33. The van der Waals surface area contributed by atoms with Crippen LogP contribution in [-0.4, -0.2) is 51.8 Å². The molecule has 1 saturated heterocycles. The molecule has 27 heavy (non-hydrogen) atoms. The summed E-state index contributed by atoms with van der Waals surface area (Å²) in [4.78, 5) is 36.8. The van der Waals surface area contributed by atoms with Gasteiger partial charge in [-0.1, -0.05) is 12.2 Å². The zero-order chi connectivity index (χ0) is 20.3. The van der Waals surface area contributed by atoms with Crippen molar-refractivity contribution in [1.29, 1.82) is 0 Å². The molecule has 1 heterocycles. The van der Waals surface area contributed by atoms with Crippen LogP contribution in [0.5, 0.6) is 0 Å². The molecule has 3 rings (SSSR count). The molecule has 144 valence electrons. The third-order valence-electron chi connectivity index (χ3n) is 5.36. The monoisotopic (exact) mass is 374 g/mol. The molecular formula is C20H22O7. The maximum Gasteiger partial charge on any atom is 0.334 e. The fraction of sp³-hybridized carbons (Fsp3) is 0.450. The van der Waals surface area contributed by atoms with E-state index in [9.17, 15) is 24.6 Å². The van der Waals surface area contributed by atoms with Crippen LogP contribution in [0.25, 0.3) is 0 Å². The van der Waals surface area contributed by atoms with Gasteiger partial charge in [0.25, 0.3) is 0 Å². The number of aliphatic hydroxyl groups excluding tert-OH is 1. The number of aliphatic hydroxyl groups is 2. The smallest absolute Gasteiger partial charge is 0.334 e. The van der Waals surface area contributed by atoms with Crippen LogP contribution in [0.1, 0.15) is 27.7 Å². The van der Waals surface area contributed by atoms with Crippen molar-refractivity contribution in [1.82, 2.24) is 0 Å². The standard InChI is InChI=1S/C20H22O7/c1-8(2)6-13(22)26-17-11(5)15-12(21)7-9(3)20(15,25)18-14(16(17)23)10(4)19(24)27-18/h6-7,14,16-18,23,25H,4H2,1-3,5H3/t14-,16-,17-,18+,20-/m1/s1. The van der Waals surface area contributed by atoms with Crippen LogP contribution in [0.15, 0.2) is 46.6 Å². The zero-order valence-corrected chi connectivity index (χ0v) is 15.6. The third-order valence-corrected chi connectivity index (χ3v) is 5.36. The van der Waals surface area contributed by atoms with Crippen molar-refractivity contribution in [2.45, 2.75) is 51.6 Å². The van der Waals surface area contributed by atoms with E-state index < -0.39 is 47.6 Å². The van der Waals surface area contributed by atoms with Gasteiger partial charge in [-0.15, -0.1) is 0 Å². The Hall–Kier alpha value is -2.51. The van der Waals surface area contributed by atoms with Gasteiger partial charge in [-0.05, 0) is 44.9 Å². The van der Waals surface area contributed by atoms with Crippen molar-refractivity contribution in [2.75, 3.05) is 0 Å². The lowest BCUT2D eigenvalue weighted by molar-refractivity contribution is -0.153. The van der Waals surface area contributed by atoms with Gasteiger partial charge in [0.15, 0.2) is 17.5 Å². The van der Waals surface area contributed by atoms with Crippen molar-refractivity contribution in [3.63, 3.8) is 0 Å². The minimum Gasteiger partial charge on any atom is -0.454 e. The number of allylic oxidation sites excluding steroid dienone is 2. The van der Waals surface area contributed by atoms with E-state index in [1.54, 1.807) is 20.8 Å². The van der Waals surface area contributed by atoms with Gasteiger partial charge >= 0.3 is 11.9 Å². The molecule has 0 saturated carbocycles. The molecule has 0 unspecified atom stereocenters. The third kappa shape index (κ3) is 2.69. The number of fused-ring (bicyclic) bond motifs is 3. The predicted octanol–water partition coefficient (Wildman–Crippen LogP) is 0.913. The summed E-state index contributed by atoms with van der Waals surface area (Å²) in [6.45, 7) is 10.2. The average molecular weight is 374 g/mol. The number of hydrogen-bond donors (Lipinski definition) is 2. The molecule has 0 radical (unpaired) electrons. The number of ketones is 1. The van der Waals surface area contributed by atoms with E-state index >= 15 is 0 Å². The first-order valence-corrected chi connectivity index (χ1v) is 8.60. The van der Waals surface area contributed by atoms with Crippen LogP contribution in [0.2, 0.25) is 0 Å². The molecule has 1 fully saturated rings. The number of hydrogen-bond acceptors (Lipinski definition) is 7. The Morgan fingerprint density at radius 1 is 1.33 bits per heavy atom. The number of esters is 2. The molecule has 0 spiro atoms. The average Bonchev–Trinajstić information content (AvgIpc) is 2.95. The first kappa shape index (κ1) is 19.3. The molecular weight excluding hydrogens is 352 g/mol. The molecule has 1 aliphatic heterocycles. The highest BCUT2D eigenvalue weighted by Crippen LogP contribution is 2.50. The molecule has 2 aliphatic carbocycles. The van der Waals surface area contributed by atoms with Gasteiger partial charge < -0.3 is 19.7 Å². The maximum atomic E-state index is 12.6. The lowest BCUT2D eigenvalue weighted by atomic mass is 9.78. The van der Waals surface area contributed by atoms with E-state index in [-0.39, 0.29) is 16.7 Å². The van der Waals surface area contributed by atoms with Gasteiger partial charge in [0, 0.05) is 17.2 Å². The topological polar surface area (TPSA) is 110 Å². The van der Waals surface area contributed by atoms with Crippen LogP contribution in [0.3, 0.4) is 0 Å². The summed E-state index contributed by atoms with van der Waals surface area (Å²) in [5.74, 6) is -2.98. The summed E-state index contributed by atoms with van der Waals surface area (Å²) in [7, 11) is 0. The largest absolute Gasteiger partial charge is 0.454 e. The van der Waals surface area contributed by atoms with Gasteiger partial charge in [0.05, 0.1) is 5.92 Å². The van der Waals surface area contributed by atoms with Crippen LogP contribution < -0.4 is 0 Å². The number of carbonyl (C=O) groups is 3. The van der Waals surface area contributed by atoms with E-state index in [2.05, 4.69) is 6.58 Å². The van der Waals surface area contributed by atoms with Crippen molar-refractivity contribution in [3.8, 4) is 0 Å². The van der Waals surface area contributed by atoms with Gasteiger partial charge in [0.1, 0.15) is 12.2 Å². The van der Waals surface area contributed by atoms with Gasteiger partial charge in [-0.25, -0.2) is 9.59 Å². The summed E-state index contributed by atoms with van der Waals surface area (Å²) < 4.78 is 10.7. The van der Waals surface area contributed by atoms with E-state index in [4.69, 9.17) is 9.47 Å². The minimum absolute atomic E-state index is 0.0367. The quantitative estimate of drug-likeness (QED) is 0.546. The Bertz CT molecular complexity index is 856. The first-order valence-electron chi connectivity index (χ1n) is 8.60. The zero-order valence-electron chi connectivity index (χ0n) is 15.6.